The summed E-state index contributed by atoms with van der Waals surface area (Å²) in [6.45, 7) is 3.05. The lowest BCUT2D eigenvalue weighted by Gasteiger charge is -2.18. The van der Waals surface area contributed by atoms with Gasteiger partial charge in [0.15, 0.2) is 0 Å². The van der Waals surface area contributed by atoms with E-state index in [1.165, 1.54) is 12.1 Å². The number of rotatable bonds is 3. The molecule has 0 amide bonds. The van der Waals surface area contributed by atoms with Crippen LogP contribution in [0.3, 0.4) is 0 Å². The molecule has 0 radical (unpaired) electrons. The molecular formula is C12H18N2O. The monoisotopic (exact) mass is 206 g/mol. The van der Waals surface area contributed by atoms with Gasteiger partial charge in [-0.3, -0.25) is 0 Å². The van der Waals surface area contributed by atoms with Gasteiger partial charge < -0.3 is 15.4 Å². The molecule has 1 saturated heterocycles. The van der Waals surface area contributed by atoms with Crippen LogP contribution in [0.25, 0.3) is 0 Å². The maximum Gasteiger partial charge on any atom is 0.0508 e. The number of nitrogens with zero attached hydrogens (tertiary/aromatic N) is 1. The van der Waals surface area contributed by atoms with Crippen LogP contribution in [0.4, 0.5) is 11.4 Å². The first kappa shape index (κ1) is 10.3. The van der Waals surface area contributed by atoms with Crippen LogP contribution >= 0.6 is 0 Å². The number of methoxy groups -OCH3 is 1. The maximum atomic E-state index is 5.77. The highest BCUT2D eigenvalue weighted by Crippen LogP contribution is 2.25. The molecule has 2 N–H and O–H groups in total. The lowest BCUT2D eigenvalue weighted by Crippen LogP contribution is -2.20. The molecule has 1 atom stereocenters. The van der Waals surface area contributed by atoms with Crippen molar-refractivity contribution in [2.45, 2.75) is 6.42 Å². The fraction of sp³-hybridized carbons (Fsp3) is 0.500. The van der Waals surface area contributed by atoms with Crippen LogP contribution in [-0.2, 0) is 4.74 Å². The average Bonchev–Trinajstić information content (AvgIpc) is 2.67. The summed E-state index contributed by atoms with van der Waals surface area (Å²) in [6, 6.07) is 8.08. The Hall–Kier alpha value is -1.22. The van der Waals surface area contributed by atoms with Gasteiger partial charge in [0, 0.05) is 37.5 Å². The number of benzene rings is 1. The molecule has 3 nitrogen and oxygen atoms in total. The van der Waals surface area contributed by atoms with E-state index in [1.54, 1.807) is 7.11 Å². The van der Waals surface area contributed by atoms with Crippen molar-refractivity contribution >= 4 is 11.4 Å². The lowest BCUT2D eigenvalue weighted by molar-refractivity contribution is 0.161. The SMILES string of the molecule is COCC1CCN(c2cccc(N)c2)C1. The van der Waals surface area contributed by atoms with Crippen LogP contribution in [0.5, 0.6) is 0 Å². The Labute approximate surface area is 90.8 Å². The molecule has 1 aromatic rings. The van der Waals surface area contributed by atoms with Crippen molar-refractivity contribution in [3.8, 4) is 0 Å². The van der Waals surface area contributed by atoms with E-state index in [9.17, 15) is 0 Å². The average molecular weight is 206 g/mol. The van der Waals surface area contributed by atoms with Gasteiger partial charge in [-0.05, 0) is 24.6 Å². The molecule has 1 aliphatic heterocycles. The second kappa shape index (κ2) is 4.53. The van der Waals surface area contributed by atoms with Crippen LogP contribution in [0.2, 0.25) is 0 Å². The van der Waals surface area contributed by atoms with Gasteiger partial charge in [0.25, 0.3) is 0 Å². The number of hydrogen-bond donors (Lipinski definition) is 1. The van der Waals surface area contributed by atoms with Crippen molar-refractivity contribution < 1.29 is 4.74 Å². The van der Waals surface area contributed by atoms with Crippen molar-refractivity contribution in [2.75, 3.05) is 37.4 Å². The minimum atomic E-state index is 0.663. The molecule has 0 aromatic heterocycles. The number of nitrogens with two attached hydrogens (primary N) is 1. The second-order valence-electron chi connectivity index (χ2n) is 4.15. The van der Waals surface area contributed by atoms with Gasteiger partial charge in [-0.1, -0.05) is 6.07 Å². The fourth-order valence-corrected chi connectivity index (χ4v) is 2.16. The Morgan fingerprint density at radius 3 is 3.13 bits per heavy atom. The molecule has 1 aromatic carbocycles. The van der Waals surface area contributed by atoms with E-state index >= 15 is 0 Å². The summed E-state index contributed by atoms with van der Waals surface area (Å²) in [5.41, 5.74) is 7.83. The Morgan fingerprint density at radius 1 is 1.53 bits per heavy atom. The van der Waals surface area contributed by atoms with E-state index < -0.39 is 0 Å². The lowest BCUT2D eigenvalue weighted by atomic mass is 10.1. The summed E-state index contributed by atoms with van der Waals surface area (Å²) < 4.78 is 5.18. The van der Waals surface area contributed by atoms with E-state index in [1.807, 2.05) is 18.2 Å². The van der Waals surface area contributed by atoms with E-state index in [2.05, 4.69) is 11.0 Å². The van der Waals surface area contributed by atoms with Gasteiger partial charge >= 0.3 is 0 Å². The molecule has 15 heavy (non-hydrogen) atoms. The maximum absolute atomic E-state index is 5.77. The minimum absolute atomic E-state index is 0.663. The third-order valence-corrected chi connectivity index (χ3v) is 2.92. The summed E-state index contributed by atoms with van der Waals surface area (Å²) in [5.74, 6) is 0.663. The summed E-state index contributed by atoms with van der Waals surface area (Å²) in [7, 11) is 1.77. The zero-order valence-corrected chi connectivity index (χ0v) is 9.15. The predicted molar refractivity (Wildman–Crippen MR) is 63.1 cm³/mol. The zero-order valence-electron chi connectivity index (χ0n) is 9.15. The smallest absolute Gasteiger partial charge is 0.0508 e. The van der Waals surface area contributed by atoms with E-state index in [0.717, 1.165) is 25.4 Å². The summed E-state index contributed by atoms with van der Waals surface area (Å²) >= 11 is 0. The number of hydrogen-bond acceptors (Lipinski definition) is 3. The number of nitrogen functional groups attached to an aromatic ring is 1. The molecule has 1 heterocycles. The van der Waals surface area contributed by atoms with Gasteiger partial charge in [-0.2, -0.15) is 0 Å². The second-order valence-corrected chi connectivity index (χ2v) is 4.15. The van der Waals surface area contributed by atoms with Crippen molar-refractivity contribution in [1.82, 2.24) is 0 Å². The summed E-state index contributed by atoms with van der Waals surface area (Å²) in [6.07, 6.45) is 1.21. The number of ether oxygens (including phenoxy) is 1. The van der Waals surface area contributed by atoms with Gasteiger partial charge in [-0.15, -0.1) is 0 Å². The Bertz CT molecular complexity index is 327. The fourth-order valence-electron chi connectivity index (χ4n) is 2.16. The van der Waals surface area contributed by atoms with Gasteiger partial charge in [0.05, 0.1) is 6.61 Å². The molecular weight excluding hydrogens is 188 g/mol. The third kappa shape index (κ3) is 2.42. The first-order valence-corrected chi connectivity index (χ1v) is 5.39. The molecule has 2 rings (SSSR count). The van der Waals surface area contributed by atoms with Crippen molar-refractivity contribution in [1.29, 1.82) is 0 Å². The summed E-state index contributed by atoms with van der Waals surface area (Å²) in [5, 5.41) is 0. The van der Waals surface area contributed by atoms with Crippen LogP contribution in [0.15, 0.2) is 24.3 Å². The normalized spacial score (nSPS) is 20.9. The van der Waals surface area contributed by atoms with Gasteiger partial charge in [-0.25, -0.2) is 0 Å². The molecule has 82 valence electrons. The summed E-state index contributed by atoms with van der Waals surface area (Å²) in [4.78, 5) is 2.38. The van der Waals surface area contributed by atoms with Crippen LogP contribution in [0, 0.1) is 5.92 Å². The highest BCUT2D eigenvalue weighted by molar-refractivity contribution is 5.56. The van der Waals surface area contributed by atoms with E-state index in [-0.39, 0.29) is 0 Å². The zero-order chi connectivity index (χ0) is 10.7. The topological polar surface area (TPSA) is 38.5 Å². The van der Waals surface area contributed by atoms with E-state index in [4.69, 9.17) is 10.5 Å². The third-order valence-electron chi connectivity index (χ3n) is 2.92. The first-order chi connectivity index (χ1) is 7.29. The standard InChI is InChI=1S/C12H18N2O/c1-15-9-10-5-6-14(8-10)12-4-2-3-11(13)7-12/h2-4,7,10H,5-6,8-9,13H2,1H3. The highest BCUT2D eigenvalue weighted by atomic mass is 16.5. The largest absolute Gasteiger partial charge is 0.399 e. The predicted octanol–water partition coefficient (Wildman–Crippen LogP) is 1.74. The molecule has 0 bridgehead atoms. The van der Waals surface area contributed by atoms with Crippen molar-refractivity contribution in [3.05, 3.63) is 24.3 Å². The van der Waals surface area contributed by atoms with Crippen LogP contribution < -0.4 is 10.6 Å². The van der Waals surface area contributed by atoms with Gasteiger partial charge in [0.1, 0.15) is 0 Å². The van der Waals surface area contributed by atoms with Crippen molar-refractivity contribution in [3.63, 3.8) is 0 Å². The molecule has 0 aliphatic carbocycles. The molecule has 1 aliphatic rings. The molecule has 1 fully saturated rings. The van der Waals surface area contributed by atoms with Gasteiger partial charge in [0.2, 0.25) is 0 Å². The van der Waals surface area contributed by atoms with Crippen LogP contribution in [-0.4, -0.2) is 26.8 Å². The van der Waals surface area contributed by atoms with E-state index in [0.29, 0.717) is 5.92 Å². The highest BCUT2D eigenvalue weighted by Gasteiger charge is 2.22. The Balaban J connectivity index is 2.01. The molecule has 0 spiro atoms. The quantitative estimate of drug-likeness (QED) is 0.766. The Kier molecular flexibility index (Phi) is 3.11. The molecule has 1 unspecified atom stereocenters. The van der Waals surface area contributed by atoms with Crippen LogP contribution in [0.1, 0.15) is 6.42 Å². The first-order valence-electron chi connectivity index (χ1n) is 5.39. The molecule has 3 heteroatoms. The van der Waals surface area contributed by atoms with Crippen molar-refractivity contribution in [2.24, 2.45) is 5.92 Å². The minimum Gasteiger partial charge on any atom is -0.399 e. The molecule has 0 saturated carbocycles. The number of anilines is 2. The Morgan fingerprint density at radius 2 is 2.40 bits per heavy atom.